The van der Waals surface area contributed by atoms with E-state index in [0.717, 1.165) is 0 Å². The minimum Gasteiger partial charge on any atom is -0.481 e. The Morgan fingerprint density at radius 1 is 1.20 bits per heavy atom. The van der Waals surface area contributed by atoms with Crippen LogP contribution in [-0.4, -0.2) is 35.3 Å². The molecule has 7 nitrogen and oxygen atoms in total. The average molecular weight is 274 g/mol. The van der Waals surface area contributed by atoms with Gasteiger partial charge >= 0.3 is 5.97 Å². The summed E-state index contributed by atoms with van der Waals surface area (Å²) in [6.45, 7) is 0.0719. The van der Waals surface area contributed by atoms with Crippen LogP contribution in [-0.2, 0) is 9.59 Å². The summed E-state index contributed by atoms with van der Waals surface area (Å²) >= 11 is 0. The molecule has 0 bridgehead atoms. The number of nitrogens with zero attached hydrogens (tertiary/aromatic N) is 1. The molecular weight excluding hydrogens is 264 g/mol. The van der Waals surface area contributed by atoms with Crippen molar-refractivity contribution in [1.82, 2.24) is 5.32 Å². The van der Waals surface area contributed by atoms with Crippen LogP contribution in [0.25, 0.3) is 0 Å². The van der Waals surface area contributed by atoms with E-state index in [9.17, 15) is 19.2 Å². The molecule has 0 aromatic heterocycles. The number of carbonyl (C=O) groups excluding carboxylic acids is 3. The van der Waals surface area contributed by atoms with E-state index >= 15 is 0 Å². The average Bonchev–Trinajstić information content (AvgIpc) is 2.91. The fourth-order valence-electron chi connectivity index (χ4n) is 2.45. The molecule has 1 unspecified atom stereocenters. The monoisotopic (exact) mass is 274 g/mol. The van der Waals surface area contributed by atoms with Gasteiger partial charge in [0, 0.05) is 18.7 Å². The highest BCUT2D eigenvalue weighted by molar-refractivity contribution is 6.22. The van der Waals surface area contributed by atoms with Crippen molar-refractivity contribution in [3.05, 3.63) is 29.3 Å². The standard InChI is InChI=1S/C13H10N2O5/c16-10-3-6(13(19)20)5-15(10)7-1-2-8-9(4-7)12(18)14-11(8)17/h1-2,4,6H,3,5H2,(H,19,20)(H,14,17,18). The van der Waals surface area contributed by atoms with Crippen LogP contribution in [0.3, 0.4) is 0 Å². The zero-order valence-corrected chi connectivity index (χ0v) is 10.3. The predicted octanol–water partition coefficient (Wildman–Crippen LogP) is 0.00770. The van der Waals surface area contributed by atoms with E-state index in [-0.39, 0.29) is 30.0 Å². The van der Waals surface area contributed by atoms with Crippen molar-refractivity contribution < 1.29 is 24.3 Å². The number of amides is 3. The third-order valence-electron chi connectivity index (χ3n) is 3.51. The summed E-state index contributed by atoms with van der Waals surface area (Å²) in [4.78, 5) is 47.1. The fraction of sp³-hybridized carbons (Fsp3) is 0.231. The number of carbonyl (C=O) groups is 4. The second-order valence-corrected chi connectivity index (χ2v) is 4.76. The molecule has 2 N–H and O–H groups in total. The number of anilines is 1. The molecule has 3 amide bonds. The Bertz CT molecular complexity index is 667. The van der Waals surface area contributed by atoms with E-state index in [0.29, 0.717) is 5.69 Å². The Morgan fingerprint density at radius 2 is 1.90 bits per heavy atom. The molecule has 102 valence electrons. The summed E-state index contributed by atoms with van der Waals surface area (Å²) < 4.78 is 0. The third kappa shape index (κ3) is 1.75. The van der Waals surface area contributed by atoms with Crippen molar-refractivity contribution in [2.24, 2.45) is 5.92 Å². The maximum absolute atomic E-state index is 11.8. The van der Waals surface area contributed by atoms with Gasteiger partial charge in [0.2, 0.25) is 5.91 Å². The molecule has 7 heteroatoms. The number of fused-ring (bicyclic) bond motifs is 1. The zero-order valence-electron chi connectivity index (χ0n) is 10.3. The first-order chi connectivity index (χ1) is 9.47. The summed E-state index contributed by atoms with van der Waals surface area (Å²) in [5.41, 5.74) is 0.904. The molecule has 3 rings (SSSR count). The number of aliphatic carboxylic acids is 1. The van der Waals surface area contributed by atoms with Gasteiger partial charge in [0.15, 0.2) is 0 Å². The molecule has 2 aliphatic rings. The molecule has 0 aliphatic carbocycles. The van der Waals surface area contributed by atoms with Gasteiger partial charge in [0.25, 0.3) is 11.8 Å². The normalized spacial score (nSPS) is 21.1. The van der Waals surface area contributed by atoms with Crippen LogP contribution < -0.4 is 10.2 Å². The number of benzene rings is 1. The number of imide groups is 1. The Hall–Kier alpha value is -2.70. The Labute approximate surface area is 113 Å². The van der Waals surface area contributed by atoms with Gasteiger partial charge in [0.05, 0.1) is 17.0 Å². The van der Waals surface area contributed by atoms with Crippen molar-refractivity contribution in [3.8, 4) is 0 Å². The molecule has 0 radical (unpaired) electrons. The first kappa shape index (κ1) is 12.3. The number of hydrogen-bond acceptors (Lipinski definition) is 4. The second kappa shape index (κ2) is 4.16. The molecule has 2 aliphatic heterocycles. The maximum Gasteiger partial charge on any atom is 0.308 e. The van der Waals surface area contributed by atoms with Gasteiger partial charge in [0.1, 0.15) is 0 Å². The molecule has 1 fully saturated rings. The lowest BCUT2D eigenvalue weighted by Gasteiger charge is -2.16. The smallest absolute Gasteiger partial charge is 0.308 e. The first-order valence-electron chi connectivity index (χ1n) is 6.00. The molecule has 1 saturated heterocycles. The molecule has 0 spiro atoms. The van der Waals surface area contributed by atoms with Crippen LogP contribution in [0.2, 0.25) is 0 Å². The number of rotatable bonds is 2. The summed E-state index contributed by atoms with van der Waals surface area (Å²) in [7, 11) is 0. The highest BCUT2D eigenvalue weighted by atomic mass is 16.4. The molecular formula is C13H10N2O5. The van der Waals surface area contributed by atoms with Gasteiger partial charge in [-0.3, -0.25) is 24.5 Å². The Balaban J connectivity index is 1.95. The number of hydrogen-bond donors (Lipinski definition) is 2. The van der Waals surface area contributed by atoms with Gasteiger partial charge in [-0.05, 0) is 18.2 Å². The Kier molecular flexibility index (Phi) is 2.56. The fourth-order valence-corrected chi connectivity index (χ4v) is 2.45. The zero-order chi connectivity index (χ0) is 14.4. The topological polar surface area (TPSA) is 104 Å². The second-order valence-electron chi connectivity index (χ2n) is 4.76. The van der Waals surface area contributed by atoms with Gasteiger partial charge in [-0.2, -0.15) is 0 Å². The van der Waals surface area contributed by atoms with Crippen molar-refractivity contribution in [3.63, 3.8) is 0 Å². The lowest BCUT2D eigenvalue weighted by atomic mass is 10.1. The van der Waals surface area contributed by atoms with E-state index in [1.165, 1.54) is 17.0 Å². The molecule has 20 heavy (non-hydrogen) atoms. The van der Waals surface area contributed by atoms with E-state index in [1.54, 1.807) is 6.07 Å². The van der Waals surface area contributed by atoms with Gasteiger partial charge < -0.3 is 10.0 Å². The SMILES string of the molecule is O=C1NC(=O)c2cc(N3CC(C(=O)O)CC3=O)ccc21. The maximum atomic E-state index is 11.8. The lowest BCUT2D eigenvalue weighted by Crippen LogP contribution is -2.26. The molecule has 1 atom stereocenters. The summed E-state index contributed by atoms with van der Waals surface area (Å²) in [6.07, 6.45) is -0.0580. The van der Waals surface area contributed by atoms with Crippen LogP contribution in [0.15, 0.2) is 18.2 Å². The van der Waals surface area contributed by atoms with E-state index in [2.05, 4.69) is 5.32 Å². The van der Waals surface area contributed by atoms with Crippen LogP contribution in [0, 0.1) is 5.92 Å². The first-order valence-corrected chi connectivity index (χ1v) is 6.00. The van der Waals surface area contributed by atoms with Gasteiger partial charge in [-0.25, -0.2) is 0 Å². The number of carboxylic acids is 1. The van der Waals surface area contributed by atoms with E-state index < -0.39 is 23.7 Å². The van der Waals surface area contributed by atoms with Crippen molar-refractivity contribution >= 4 is 29.4 Å². The van der Waals surface area contributed by atoms with Crippen molar-refractivity contribution in [2.45, 2.75) is 6.42 Å². The highest BCUT2D eigenvalue weighted by Crippen LogP contribution is 2.28. The summed E-state index contributed by atoms with van der Waals surface area (Å²) in [6, 6.07) is 4.45. The van der Waals surface area contributed by atoms with Crippen LogP contribution >= 0.6 is 0 Å². The van der Waals surface area contributed by atoms with E-state index in [1.807, 2.05) is 0 Å². The quantitative estimate of drug-likeness (QED) is 0.739. The Morgan fingerprint density at radius 3 is 2.55 bits per heavy atom. The molecule has 2 heterocycles. The largest absolute Gasteiger partial charge is 0.481 e. The third-order valence-corrected chi connectivity index (χ3v) is 3.51. The van der Waals surface area contributed by atoms with Crippen LogP contribution in [0.5, 0.6) is 0 Å². The molecule has 0 saturated carbocycles. The lowest BCUT2D eigenvalue weighted by molar-refractivity contribution is -0.141. The van der Waals surface area contributed by atoms with Crippen molar-refractivity contribution in [1.29, 1.82) is 0 Å². The minimum atomic E-state index is -1.02. The molecule has 1 aromatic carbocycles. The van der Waals surface area contributed by atoms with Gasteiger partial charge in [-0.15, -0.1) is 0 Å². The van der Waals surface area contributed by atoms with Crippen LogP contribution in [0.4, 0.5) is 5.69 Å². The molecule has 1 aromatic rings. The highest BCUT2D eigenvalue weighted by Gasteiger charge is 2.36. The number of carboxylic acid groups (broad SMARTS) is 1. The summed E-state index contributed by atoms with van der Waals surface area (Å²) in [5, 5.41) is 11.1. The minimum absolute atomic E-state index is 0.0580. The van der Waals surface area contributed by atoms with E-state index in [4.69, 9.17) is 5.11 Å². The number of nitrogens with one attached hydrogen (secondary N) is 1. The van der Waals surface area contributed by atoms with Crippen LogP contribution in [0.1, 0.15) is 27.1 Å². The van der Waals surface area contributed by atoms with Crippen molar-refractivity contribution in [2.75, 3.05) is 11.4 Å². The van der Waals surface area contributed by atoms with Gasteiger partial charge in [-0.1, -0.05) is 0 Å². The summed E-state index contributed by atoms with van der Waals surface area (Å²) in [5.74, 6) is -3.04. The predicted molar refractivity (Wildman–Crippen MR) is 66.3 cm³/mol.